The Balaban J connectivity index is 0.000000301. The van der Waals surface area contributed by atoms with Crippen LogP contribution in [0.15, 0.2) is 48.9 Å². The van der Waals surface area contributed by atoms with E-state index in [1.54, 1.807) is 30.7 Å². The number of fused-ring (bicyclic) bond motifs is 1. The summed E-state index contributed by atoms with van der Waals surface area (Å²) in [6, 6.07) is 9.17. The minimum atomic E-state index is -5.08. The Morgan fingerprint density at radius 2 is 1.61 bits per heavy atom. The van der Waals surface area contributed by atoms with Gasteiger partial charge in [0.1, 0.15) is 12.2 Å². The number of aromatic nitrogens is 2. The molecule has 3 atom stereocenters. The van der Waals surface area contributed by atoms with Gasteiger partial charge in [0.2, 0.25) is 5.88 Å². The van der Waals surface area contributed by atoms with E-state index in [-0.39, 0.29) is 24.2 Å². The predicted molar refractivity (Wildman–Crippen MR) is 114 cm³/mol. The molecule has 2 aliphatic heterocycles. The highest BCUT2D eigenvalue weighted by molar-refractivity contribution is 5.94. The van der Waals surface area contributed by atoms with Gasteiger partial charge in [0.25, 0.3) is 5.91 Å². The number of alkyl halides is 6. The molecule has 208 valence electrons. The number of aliphatic carboxylic acids is 2. The van der Waals surface area contributed by atoms with Crippen molar-refractivity contribution in [2.75, 3.05) is 13.2 Å². The van der Waals surface area contributed by atoms with Gasteiger partial charge in [0.15, 0.2) is 0 Å². The number of carboxylic acid groups (broad SMARTS) is 2. The third-order valence-electron chi connectivity index (χ3n) is 5.04. The maximum Gasteiger partial charge on any atom is 0.490 e. The molecule has 0 unspecified atom stereocenters. The van der Waals surface area contributed by atoms with E-state index in [4.69, 9.17) is 29.3 Å². The first-order valence-corrected chi connectivity index (χ1v) is 10.7. The number of amides is 1. The number of hydrogen-bond acceptors (Lipinski definition) is 7. The summed E-state index contributed by atoms with van der Waals surface area (Å²) in [6.45, 7) is 1.21. The molecule has 4 heterocycles. The van der Waals surface area contributed by atoms with Gasteiger partial charge in [0.05, 0.1) is 18.2 Å². The van der Waals surface area contributed by atoms with Gasteiger partial charge in [-0.2, -0.15) is 26.3 Å². The highest BCUT2D eigenvalue weighted by Gasteiger charge is 2.47. The molecule has 38 heavy (non-hydrogen) atoms. The van der Waals surface area contributed by atoms with E-state index in [0.29, 0.717) is 24.6 Å². The average molecular weight is 553 g/mol. The summed E-state index contributed by atoms with van der Waals surface area (Å²) in [5.74, 6) is -4.97. The van der Waals surface area contributed by atoms with E-state index in [9.17, 15) is 31.1 Å². The molecule has 4 rings (SSSR count). The van der Waals surface area contributed by atoms with Crippen molar-refractivity contribution in [3.63, 3.8) is 0 Å². The van der Waals surface area contributed by atoms with Crippen molar-refractivity contribution >= 4 is 17.8 Å². The summed E-state index contributed by atoms with van der Waals surface area (Å²) in [5.41, 5.74) is 0.598. The third-order valence-corrected chi connectivity index (χ3v) is 5.04. The first kappa shape index (κ1) is 30.3. The summed E-state index contributed by atoms with van der Waals surface area (Å²) in [7, 11) is 0. The SMILES string of the molecule is O=C(O)C(F)(F)F.O=C(O)C(F)(F)F.O=C(c1cccnc1)N1C[C@H](Oc2ccccn2)[C@H]2OCCC[C@H]21. The van der Waals surface area contributed by atoms with E-state index in [1.165, 1.54) is 0 Å². The Kier molecular flexibility index (Phi) is 10.4. The number of hydrogen-bond donors (Lipinski definition) is 2. The lowest BCUT2D eigenvalue weighted by Gasteiger charge is -2.32. The van der Waals surface area contributed by atoms with Crippen molar-refractivity contribution in [1.29, 1.82) is 0 Å². The Hall–Kier alpha value is -3.95. The molecule has 2 aromatic rings. The molecular formula is C22H21F6N3O7. The van der Waals surface area contributed by atoms with E-state index in [0.717, 1.165) is 12.8 Å². The van der Waals surface area contributed by atoms with Crippen LogP contribution in [0.2, 0.25) is 0 Å². The Morgan fingerprint density at radius 3 is 2.11 bits per heavy atom. The van der Waals surface area contributed by atoms with Gasteiger partial charge in [-0.05, 0) is 31.0 Å². The highest BCUT2D eigenvalue weighted by Crippen LogP contribution is 2.32. The fourth-order valence-corrected chi connectivity index (χ4v) is 3.47. The van der Waals surface area contributed by atoms with Crippen LogP contribution in [0, 0.1) is 0 Å². The van der Waals surface area contributed by atoms with Crippen LogP contribution >= 0.6 is 0 Å². The zero-order valence-corrected chi connectivity index (χ0v) is 19.2. The lowest BCUT2D eigenvalue weighted by molar-refractivity contribution is -0.193. The van der Waals surface area contributed by atoms with Crippen molar-refractivity contribution in [3.8, 4) is 5.88 Å². The Bertz CT molecular complexity index is 1050. The number of nitrogens with zero attached hydrogens (tertiary/aromatic N) is 3. The Morgan fingerprint density at radius 1 is 0.974 bits per heavy atom. The van der Waals surface area contributed by atoms with E-state index in [1.807, 2.05) is 23.1 Å². The lowest BCUT2D eigenvalue weighted by atomic mass is 10.0. The molecule has 2 N–H and O–H groups in total. The smallest absolute Gasteiger partial charge is 0.475 e. The molecular weight excluding hydrogens is 532 g/mol. The number of likely N-dealkylation sites (tertiary alicyclic amines) is 1. The zero-order valence-electron chi connectivity index (χ0n) is 19.2. The summed E-state index contributed by atoms with van der Waals surface area (Å²) in [6.07, 6.45) is -3.63. The second kappa shape index (κ2) is 13.0. The number of ether oxygens (including phenoxy) is 2. The molecule has 0 saturated carbocycles. The van der Waals surface area contributed by atoms with E-state index in [2.05, 4.69) is 9.97 Å². The standard InChI is InChI=1S/C18H19N3O3.2C2HF3O2/c22-18(13-5-3-8-19-11-13)21-12-15(17-14(21)6-4-10-23-17)24-16-7-1-2-9-20-16;2*3-2(4,5)1(6)7/h1-3,5,7-9,11,14-15,17H,4,6,10,12H2;2*(H,6,7)/t14-,15+,17+;;/m1../s1. The average Bonchev–Trinajstić information content (AvgIpc) is 3.23. The van der Waals surface area contributed by atoms with Crippen LogP contribution in [0.5, 0.6) is 5.88 Å². The van der Waals surface area contributed by atoms with Crippen molar-refractivity contribution in [1.82, 2.24) is 14.9 Å². The number of rotatable bonds is 3. The first-order valence-electron chi connectivity index (χ1n) is 10.7. The summed E-state index contributed by atoms with van der Waals surface area (Å²) in [5, 5.41) is 14.2. The Labute approximate surface area is 210 Å². The molecule has 0 aromatic carbocycles. The summed E-state index contributed by atoms with van der Waals surface area (Å²) >= 11 is 0. The van der Waals surface area contributed by atoms with Gasteiger partial charge in [-0.1, -0.05) is 6.07 Å². The molecule has 16 heteroatoms. The first-order chi connectivity index (χ1) is 17.7. The van der Waals surface area contributed by atoms with Crippen molar-refractivity contribution in [2.45, 2.75) is 43.4 Å². The number of carbonyl (C=O) groups is 3. The van der Waals surface area contributed by atoms with Crippen LogP contribution in [0.1, 0.15) is 23.2 Å². The zero-order chi connectivity index (χ0) is 28.5. The molecule has 2 fully saturated rings. The number of carboxylic acids is 2. The molecule has 2 saturated heterocycles. The molecule has 1 amide bonds. The van der Waals surface area contributed by atoms with E-state index < -0.39 is 24.3 Å². The number of halogens is 6. The van der Waals surface area contributed by atoms with Crippen LogP contribution in [0.4, 0.5) is 26.3 Å². The van der Waals surface area contributed by atoms with Crippen molar-refractivity contribution in [2.24, 2.45) is 0 Å². The van der Waals surface area contributed by atoms with Gasteiger partial charge in [0, 0.05) is 31.3 Å². The fourth-order valence-electron chi connectivity index (χ4n) is 3.47. The quantitative estimate of drug-likeness (QED) is 0.549. The van der Waals surface area contributed by atoms with Crippen molar-refractivity contribution < 1.29 is 60.4 Å². The van der Waals surface area contributed by atoms with Crippen LogP contribution in [-0.4, -0.2) is 86.7 Å². The number of pyridine rings is 2. The third kappa shape index (κ3) is 8.86. The minimum Gasteiger partial charge on any atom is -0.475 e. The molecule has 10 nitrogen and oxygen atoms in total. The molecule has 0 bridgehead atoms. The van der Waals surface area contributed by atoms with Gasteiger partial charge in [-0.3, -0.25) is 9.78 Å². The highest BCUT2D eigenvalue weighted by atomic mass is 19.4. The predicted octanol–water partition coefficient (Wildman–Crippen LogP) is 3.19. The lowest BCUT2D eigenvalue weighted by Crippen LogP contribution is -2.44. The molecule has 0 aliphatic carbocycles. The second-order valence-corrected chi connectivity index (χ2v) is 7.67. The van der Waals surface area contributed by atoms with Crippen LogP contribution in [0.3, 0.4) is 0 Å². The largest absolute Gasteiger partial charge is 0.490 e. The minimum absolute atomic E-state index is 0.0179. The molecule has 2 aliphatic rings. The summed E-state index contributed by atoms with van der Waals surface area (Å²) in [4.78, 5) is 40.8. The van der Waals surface area contributed by atoms with Gasteiger partial charge < -0.3 is 24.6 Å². The monoisotopic (exact) mass is 553 g/mol. The second-order valence-electron chi connectivity index (χ2n) is 7.67. The summed E-state index contributed by atoms with van der Waals surface area (Å²) < 4.78 is 75.4. The van der Waals surface area contributed by atoms with Crippen LogP contribution in [0.25, 0.3) is 0 Å². The maximum atomic E-state index is 12.9. The molecule has 0 radical (unpaired) electrons. The number of carbonyl (C=O) groups excluding carboxylic acids is 1. The van der Waals surface area contributed by atoms with Gasteiger partial charge in [-0.25, -0.2) is 14.6 Å². The van der Waals surface area contributed by atoms with Gasteiger partial charge in [-0.15, -0.1) is 0 Å². The van der Waals surface area contributed by atoms with E-state index >= 15 is 0 Å². The van der Waals surface area contributed by atoms with Gasteiger partial charge >= 0.3 is 24.3 Å². The van der Waals surface area contributed by atoms with Crippen LogP contribution < -0.4 is 4.74 Å². The topological polar surface area (TPSA) is 139 Å². The van der Waals surface area contributed by atoms with Crippen molar-refractivity contribution in [3.05, 3.63) is 54.5 Å². The fraction of sp³-hybridized carbons (Fsp3) is 0.409. The normalized spacial score (nSPS) is 20.6. The van der Waals surface area contributed by atoms with Crippen LogP contribution in [-0.2, 0) is 14.3 Å². The molecule has 0 spiro atoms. The molecule has 2 aromatic heterocycles. The maximum absolute atomic E-state index is 12.9.